The number of carbonyl (C=O) groups is 1. The average molecular weight is 362 g/mol. The normalized spacial score (nSPS) is 14.4. The van der Waals surface area contributed by atoms with Crippen LogP contribution in [-0.4, -0.2) is 33.9 Å². The van der Waals surface area contributed by atoms with E-state index in [0.717, 1.165) is 43.9 Å². The number of aromatic nitrogens is 2. The van der Waals surface area contributed by atoms with Crippen LogP contribution in [0, 0.1) is 6.92 Å². The van der Waals surface area contributed by atoms with E-state index in [1.807, 2.05) is 0 Å². The number of benzene rings is 1. The second-order valence-corrected chi connectivity index (χ2v) is 6.85. The zero-order valence-corrected chi connectivity index (χ0v) is 15.3. The van der Waals surface area contributed by atoms with E-state index in [0.29, 0.717) is 5.69 Å². The second kappa shape index (κ2) is 7.72. The molecule has 3 heterocycles. The molecular weight excluding hydrogens is 340 g/mol. The van der Waals surface area contributed by atoms with Crippen LogP contribution in [0.1, 0.15) is 33.3 Å². The van der Waals surface area contributed by atoms with Crippen molar-refractivity contribution in [1.29, 1.82) is 0 Å². The molecule has 1 aliphatic rings. The summed E-state index contributed by atoms with van der Waals surface area (Å²) in [5.74, 6) is 0.598. The number of aryl methyl sites for hydroxylation is 1. The number of rotatable bonds is 4. The third-order valence-corrected chi connectivity index (χ3v) is 4.74. The fourth-order valence-electron chi connectivity index (χ4n) is 3.24. The van der Waals surface area contributed by atoms with Gasteiger partial charge in [-0.25, -0.2) is 4.98 Å². The number of pyridine rings is 1. The smallest absolute Gasteiger partial charge is 0.311 e. The van der Waals surface area contributed by atoms with Crippen molar-refractivity contribution in [3.05, 3.63) is 77.3 Å². The summed E-state index contributed by atoms with van der Waals surface area (Å²) in [4.78, 5) is 23.2. The second-order valence-electron chi connectivity index (χ2n) is 6.85. The van der Waals surface area contributed by atoms with Crippen LogP contribution in [-0.2, 0) is 19.4 Å². The molecule has 6 heteroatoms. The summed E-state index contributed by atoms with van der Waals surface area (Å²) in [7, 11) is 0. The lowest BCUT2D eigenvalue weighted by atomic mass is 10.1. The van der Waals surface area contributed by atoms with Crippen molar-refractivity contribution in [1.82, 2.24) is 14.9 Å². The Kier molecular flexibility index (Phi) is 4.98. The molecule has 0 unspecified atom stereocenters. The van der Waals surface area contributed by atoms with Gasteiger partial charge >= 0.3 is 5.91 Å². The molecule has 138 valence electrons. The summed E-state index contributed by atoms with van der Waals surface area (Å²) in [5, 5.41) is 2.76. The quantitative estimate of drug-likeness (QED) is 0.771. The third kappa shape index (κ3) is 4.23. The third-order valence-electron chi connectivity index (χ3n) is 4.74. The van der Waals surface area contributed by atoms with E-state index in [9.17, 15) is 4.79 Å². The predicted molar refractivity (Wildman–Crippen MR) is 103 cm³/mol. The minimum Gasteiger partial charge on any atom is -0.437 e. The first-order chi connectivity index (χ1) is 13.2. The molecule has 4 rings (SSSR count). The van der Waals surface area contributed by atoms with Crippen LogP contribution in [0.5, 0.6) is 0 Å². The molecule has 3 aromatic rings. The fourth-order valence-corrected chi connectivity index (χ4v) is 3.24. The largest absolute Gasteiger partial charge is 0.437 e. The van der Waals surface area contributed by atoms with Crippen LogP contribution in [0.3, 0.4) is 0 Å². The Morgan fingerprint density at radius 2 is 2.00 bits per heavy atom. The summed E-state index contributed by atoms with van der Waals surface area (Å²) in [5.41, 5.74) is 4.09. The summed E-state index contributed by atoms with van der Waals surface area (Å²) in [6.07, 6.45) is 4.79. The van der Waals surface area contributed by atoms with Gasteiger partial charge in [-0.3, -0.25) is 14.7 Å². The number of amides is 1. The van der Waals surface area contributed by atoms with Crippen molar-refractivity contribution in [2.45, 2.75) is 26.3 Å². The van der Waals surface area contributed by atoms with E-state index < -0.39 is 0 Å². The maximum Gasteiger partial charge on any atom is 0.311 e. The van der Waals surface area contributed by atoms with Crippen molar-refractivity contribution in [3.8, 4) is 0 Å². The summed E-state index contributed by atoms with van der Waals surface area (Å²) in [6.45, 7) is 4.80. The molecule has 1 aliphatic heterocycles. The van der Waals surface area contributed by atoms with Gasteiger partial charge in [0.05, 0.1) is 17.6 Å². The van der Waals surface area contributed by atoms with Crippen molar-refractivity contribution in [3.63, 3.8) is 0 Å². The minimum absolute atomic E-state index is 0.121. The van der Waals surface area contributed by atoms with Gasteiger partial charge in [-0.05, 0) is 24.6 Å². The Hall–Kier alpha value is -2.99. The number of nitrogens with one attached hydrogen (secondary N) is 1. The monoisotopic (exact) mass is 362 g/mol. The number of nitrogens with zero attached hydrogens (tertiary/aromatic N) is 3. The zero-order chi connectivity index (χ0) is 18.6. The van der Waals surface area contributed by atoms with E-state index in [-0.39, 0.29) is 11.8 Å². The molecule has 2 aromatic heterocycles. The Labute approximate surface area is 158 Å². The first-order valence-electron chi connectivity index (χ1n) is 9.15. The van der Waals surface area contributed by atoms with Gasteiger partial charge in [0, 0.05) is 38.7 Å². The average Bonchev–Trinajstić information content (AvgIpc) is 3.01. The number of oxazole rings is 1. The fraction of sp³-hybridized carbons (Fsp3) is 0.286. The first kappa shape index (κ1) is 17.4. The highest BCUT2D eigenvalue weighted by Crippen LogP contribution is 2.19. The van der Waals surface area contributed by atoms with Crippen LogP contribution < -0.4 is 5.32 Å². The highest BCUT2D eigenvalue weighted by molar-refractivity contribution is 6.00. The Morgan fingerprint density at radius 1 is 1.19 bits per heavy atom. The molecule has 0 fully saturated rings. The van der Waals surface area contributed by atoms with Gasteiger partial charge in [-0.15, -0.1) is 0 Å². The molecule has 0 aliphatic carbocycles. The lowest BCUT2D eigenvalue weighted by molar-refractivity contribution is 0.0988. The number of carbonyl (C=O) groups excluding carboxylic acids is 1. The standard InChI is InChI=1S/C21H22N4O2/c1-15-4-6-16(7-5-15)14-25-11-8-18-19(9-12-25)27-21(24-18)20(26)23-17-3-2-10-22-13-17/h2-7,10,13H,8-9,11-12,14H2,1H3,(H,23,26). The molecule has 0 bridgehead atoms. The predicted octanol–water partition coefficient (Wildman–Crippen LogP) is 3.23. The summed E-state index contributed by atoms with van der Waals surface area (Å²) >= 11 is 0. The molecule has 1 N–H and O–H groups in total. The maximum absolute atomic E-state index is 12.3. The van der Waals surface area contributed by atoms with E-state index in [1.165, 1.54) is 11.1 Å². The highest BCUT2D eigenvalue weighted by atomic mass is 16.4. The topological polar surface area (TPSA) is 71.3 Å². The van der Waals surface area contributed by atoms with Crippen LogP contribution in [0.4, 0.5) is 5.69 Å². The zero-order valence-electron chi connectivity index (χ0n) is 15.3. The molecule has 0 atom stereocenters. The number of anilines is 1. The van der Waals surface area contributed by atoms with Crippen LogP contribution in [0.2, 0.25) is 0 Å². The molecule has 1 aromatic carbocycles. The van der Waals surface area contributed by atoms with Crippen molar-refractivity contribution in [2.24, 2.45) is 0 Å². The molecule has 0 saturated heterocycles. The molecule has 27 heavy (non-hydrogen) atoms. The number of fused-ring (bicyclic) bond motifs is 1. The first-order valence-corrected chi connectivity index (χ1v) is 9.15. The van der Waals surface area contributed by atoms with Crippen LogP contribution in [0.25, 0.3) is 0 Å². The molecule has 1 amide bonds. The highest BCUT2D eigenvalue weighted by Gasteiger charge is 2.23. The van der Waals surface area contributed by atoms with Crippen molar-refractivity contribution >= 4 is 11.6 Å². The Morgan fingerprint density at radius 3 is 2.78 bits per heavy atom. The number of hydrogen-bond acceptors (Lipinski definition) is 5. The van der Waals surface area contributed by atoms with Gasteiger partial charge in [0.2, 0.25) is 0 Å². The molecule has 0 radical (unpaired) electrons. The van der Waals surface area contributed by atoms with Gasteiger partial charge < -0.3 is 9.73 Å². The van der Waals surface area contributed by atoms with E-state index in [1.54, 1.807) is 24.5 Å². The van der Waals surface area contributed by atoms with Crippen molar-refractivity contribution < 1.29 is 9.21 Å². The van der Waals surface area contributed by atoms with Crippen molar-refractivity contribution in [2.75, 3.05) is 18.4 Å². The minimum atomic E-state index is -0.340. The van der Waals surface area contributed by atoms with Gasteiger partial charge in [0.15, 0.2) is 0 Å². The van der Waals surface area contributed by atoms with E-state index in [2.05, 4.69) is 51.4 Å². The summed E-state index contributed by atoms with van der Waals surface area (Å²) in [6, 6.07) is 12.2. The van der Waals surface area contributed by atoms with Gasteiger partial charge in [0.25, 0.3) is 5.89 Å². The maximum atomic E-state index is 12.3. The van der Waals surface area contributed by atoms with E-state index in [4.69, 9.17) is 4.42 Å². The lowest BCUT2D eigenvalue weighted by Gasteiger charge is -2.19. The molecule has 0 saturated carbocycles. The van der Waals surface area contributed by atoms with Gasteiger partial charge in [-0.1, -0.05) is 29.8 Å². The van der Waals surface area contributed by atoms with Crippen LogP contribution >= 0.6 is 0 Å². The van der Waals surface area contributed by atoms with Crippen LogP contribution in [0.15, 0.2) is 53.2 Å². The molecular formula is C21H22N4O2. The molecule has 0 spiro atoms. The van der Waals surface area contributed by atoms with Gasteiger partial charge in [-0.2, -0.15) is 0 Å². The lowest BCUT2D eigenvalue weighted by Crippen LogP contribution is -2.26. The van der Waals surface area contributed by atoms with Gasteiger partial charge in [0.1, 0.15) is 5.76 Å². The summed E-state index contributed by atoms with van der Waals surface area (Å²) < 4.78 is 5.76. The van der Waals surface area contributed by atoms with E-state index >= 15 is 0 Å². The SMILES string of the molecule is Cc1ccc(CN2CCc3nc(C(=O)Nc4cccnc4)oc3CC2)cc1. The Bertz CT molecular complexity index is 894. The molecule has 6 nitrogen and oxygen atoms in total. The number of hydrogen-bond donors (Lipinski definition) is 1. The Balaban J connectivity index is 1.39.